The predicted molar refractivity (Wildman–Crippen MR) is 88.0 cm³/mol. The second-order valence-electron chi connectivity index (χ2n) is 5.96. The van der Waals surface area contributed by atoms with Crippen molar-refractivity contribution in [1.82, 2.24) is 20.0 Å². The van der Waals surface area contributed by atoms with Gasteiger partial charge in [-0.05, 0) is 32.5 Å². The number of aryl methyl sites for hydroxylation is 1. The maximum Gasteiger partial charge on any atom is 0.255 e. The SMILES string of the molecule is CN(C)CC(C)(O)CNC(=O)c1cn(C)nc1-c1cccs1. The monoisotopic (exact) mass is 322 g/mol. The Morgan fingerprint density at radius 1 is 1.55 bits per heavy atom. The molecular weight excluding hydrogens is 300 g/mol. The number of carbonyl (C=O) groups is 1. The summed E-state index contributed by atoms with van der Waals surface area (Å²) in [5.41, 5.74) is 0.206. The van der Waals surface area contributed by atoms with Crippen LogP contribution in [0.3, 0.4) is 0 Å². The molecule has 2 heterocycles. The molecule has 0 radical (unpaired) electrons. The third-order valence-corrected chi connectivity index (χ3v) is 3.99. The number of thiophene rings is 1. The lowest BCUT2D eigenvalue weighted by Crippen LogP contribution is -2.47. The van der Waals surface area contributed by atoms with Crippen molar-refractivity contribution in [3.8, 4) is 10.6 Å². The molecule has 2 aromatic rings. The van der Waals surface area contributed by atoms with Gasteiger partial charge in [-0.1, -0.05) is 6.07 Å². The van der Waals surface area contributed by atoms with E-state index in [9.17, 15) is 9.90 Å². The van der Waals surface area contributed by atoms with Crippen molar-refractivity contribution >= 4 is 17.2 Å². The molecular formula is C15H22N4O2S. The van der Waals surface area contributed by atoms with E-state index in [1.54, 1.807) is 36.2 Å². The number of hydrogen-bond acceptors (Lipinski definition) is 5. The smallest absolute Gasteiger partial charge is 0.255 e. The molecule has 120 valence electrons. The number of aliphatic hydroxyl groups is 1. The van der Waals surface area contributed by atoms with Crippen LogP contribution in [0.1, 0.15) is 17.3 Å². The number of amides is 1. The van der Waals surface area contributed by atoms with Crippen molar-refractivity contribution in [2.24, 2.45) is 7.05 Å². The lowest BCUT2D eigenvalue weighted by molar-refractivity contribution is 0.0326. The molecule has 0 bridgehead atoms. The Kier molecular flexibility index (Phi) is 5.00. The Morgan fingerprint density at radius 3 is 2.86 bits per heavy atom. The van der Waals surface area contributed by atoms with Crippen LogP contribution in [0.4, 0.5) is 0 Å². The van der Waals surface area contributed by atoms with E-state index in [-0.39, 0.29) is 12.5 Å². The zero-order valence-corrected chi connectivity index (χ0v) is 14.1. The van der Waals surface area contributed by atoms with Crippen LogP contribution in [-0.2, 0) is 7.05 Å². The van der Waals surface area contributed by atoms with Crippen LogP contribution >= 0.6 is 11.3 Å². The summed E-state index contributed by atoms with van der Waals surface area (Å²) in [5.74, 6) is -0.226. The van der Waals surface area contributed by atoms with E-state index in [1.807, 2.05) is 36.5 Å². The van der Waals surface area contributed by atoms with Gasteiger partial charge >= 0.3 is 0 Å². The third-order valence-electron chi connectivity index (χ3n) is 3.11. The summed E-state index contributed by atoms with van der Waals surface area (Å²) in [6, 6.07) is 3.87. The average Bonchev–Trinajstić information content (AvgIpc) is 3.03. The first-order valence-electron chi connectivity index (χ1n) is 7.01. The van der Waals surface area contributed by atoms with E-state index >= 15 is 0 Å². The Bertz CT molecular complexity index is 632. The summed E-state index contributed by atoms with van der Waals surface area (Å²) in [6.45, 7) is 2.36. The first-order chi connectivity index (χ1) is 10.3. The molecule has 0 aliphatic heterocycles. The summed E-state index contributed by atoms with van der Waals surface area (Å²) in [6.07, 6.45) is 1.70. The van der Waals surface area contributed by atoms with Crippen LogP contribution < -0.4 is 5.32 Å². The molecule has 0 aliphatic rings. The summed E-state index contributed by atoms with van der Waals surface area (Å²) < 4.78 is 1.63. The maximum atomic E-state index is 12.4. The lowest BCUT2D eigenvalue weighted by Gasteiger charge is -2.27. The zero-order valence-electron chi connectivity index (χ0n) is 13.3. The van der Waals surface area contributed by atoms with Gasteiger partial charge in [0, 0.05) is 26.3 Å². The van der Waals surface area contributed by atoms with E-state index in [4.69, 9.17) is 0 Å². The van der Waals surface area contributed by atoms with Crippen molar-refractivity contribution in [2.75, 3.05) is 27.2 Å². The van der Waals surface area contributed by atoms with E-state index < -0.39 is 5.60 Å². The van der Waals surface area contributed by atoms with Crippen LogP contribution in [-0.4, -0.2) is 58.5 Å². The minimum Gasteiger partial charge on any atom is -0.387 e. The molecule has 2 aromatic heterocycles. The van der Waals surface area contributed by atoms with E-state index in [0.29, 0.717) is 17.8 Å². The quantitative estimate of drug-likeness (QED) is 0.838. The van der Waals surface area contributed by atoms with Crippen molar-refractivity contribution in [1.29, 1.82) is 0 Å². The fourth-order valence-corrected chi connectivity index (χ4v) is 3.08. The lowest BCUT2D eigenvalue weighted by atomic mass is 10.1. The molecule has 6 nitrogen and oxygen atoms in total. The topological polar surface area (TPSA) is 70.4 Å². The second kappa shape index (κ2) is 6.60. The first kappa shape index (κ1) is 16.7. The van der Waals surface area contributed by atoms with E-state index in [1.165, 1.54) is 0 Å². The minimum atomic E-state index is -0.982. The average molecular weight is 322 g/mol. The Hall–Kier alpha value is -1.70. The molecule has 0 saturated carbocycles. The predicted octanol–water partition coefficient (Wildman–Crippen LogP) is 1.19. The van der Waals surface area contributed by atoms with Crippen molar-refractivity contribution in [3.05, 3.63) is 29.3 Å². The molecule has 2 N–H and O–H groups in total. The van der Waals surface area contributed by atoms with Gasteiger partial charge in [0.05, 0.1) is 16.0 Å². The van der Waals surface area contributed by atoms with Gasteiger partial charge in [0.2, 0.25) is 0 Å². The van der Waals surface area contributed by atoms with Gasteiger partial charge < -0.3 is 15.3 Å². The number of likely N-dealkylation sites (N-methyl/N-ethyl adjacent to an activating group) is 1. The molecule has 2 rings (SSSR count). The highest BCUT2D eigenvalue weighted by atomic mass is 32.1. The van der Waals surface area contributed by atoms with Gasteiger partial charge in [0.1, 0.15) is 5.69 Å². The van der Waals surface area contributed by atoms with Crippen molar-refractivity contribution in [2.45, 2.75) is 12.5 Å². The molecule has 1 atom stereocenters. The van der Waals surface area contributed by atoms with E-state index in [2.05, 4.69) is 10.4 Å². The molecule has 0 aromatic carbocycles. The number of carbonyl (C=O) groups excluding carboxylic acids is 1. The van der Waals surface area contributed by atoms with Gasteiger partial charge in [-0.3, -0.25) is 9.48 Å². The first-order valence-corrected chi connectivity index (χ1v) is 7.89. The summed E-state index contributed by atoms with van der Waals surface area (Å²) >= 11 is 1.54. The fraction of sp³-hybridized carbons (Fsp3) is 0.467. The molecule has 22 heavy (non-hydrogen) atoms. The van der Waals surface area contributed by atoms with Gasteiger partial charge in [-0.15, -0.1) is 11.3 Å². The van der Waals surface area contributed by atoms with Crippen LogP contribution in [0, 0.1) is 0 Å². The van der Waals surface area contributed by atoms with Gasteiger partial charge in [0.25, 0.3) is 5.91 Å². The molecule has 0 spiro atoms. The molecule has 0 saturated heterocycles. The highest BCUT2D eigenvalue weighted by molar-refractivity contribution is 7.13. The minimum absolute atomic E-state index is 0.183. The van der Waals surface area contributed by atoms with E-state index in [0.717, 1.165) is 4.88 Å². The van der Waals surface area contributed by atoms with Gasteiger partial charge in [-0.2, -0.15) is 5.10 Å². The van der Waals surface area contributed by atoms with Crippen molar-refractivity contribution in [3.63, 3.8) is 0 Å². The molecule has 1 amide bonds. The highest BCUT2D eigenvalue weighted by Gasteiger charge is 2.24. The van der Waals surface area contributed by atoms with Gasteiger partial charge in [-0.25, -0.2) is 0 Å². The molecule has 0 aliphatic carbocycles. The van der Waals surface area contributed by atoms with Crippen molar-refractivity contribution < 1.29 is 9.90 Å². The second-order valence-corrected chi connectivity index (χ2v) is 6.91. The van der Waals surface area contributed by atoms with Crippen LogP contribution in [0.15, 0.2) is 23.7 Å². The number of nitrogens with one attached hydrogen (secondary N) is 1. The Labute approximate surface area is 134 Å². The molecule has 0 fully saturated rings. The number of aromatic nitrogens is 2. The maximum absolute atomic E-state index is 12.4. The molecule has 7 heteroatoms. The largest absolute Gasteiger partial charge is 0.387 e. The third kappa shape index (κ3) is 4.16. The normalized spacial score (nSPS) is 14.1. The number of nitrogens with zero attached hydrogens (tertiary/aromatic N) is 3. The molecule has 1 unspecified atom stereocenters. The summed E-state index contributed by atoms with van der Waals surface area (Å²) in [5, 5.41) is 19.4. The van der Waals surface area contributed by atoms with Crippen LogP contribution in [0.2, 0.25) is 0 Å². The van der Waals surface area contributed by atoms with Crippen LogP contribution in [0.5, 0.6) is 0 Å². The van der Waals surface area contributed by atoms with Gasteiger partial charge in [0.15, 0.2) is 0 Å². The standard InChI is InChI=1S/C15H22N4O2S/c1-15(21,10-18(2)3)9-16-14(20)11-8-19(4)17-13(11)12-6-5-7-22-12/h5-8,21H,9-10H2,1-4H3,(H,16,20). The number of rotatable bonds is 6. The Balaban J connectivity index is 2.11. The fourth-order valence-electron chi connectivity index (χ4n) is 2.35. The van der Waals surface area contributed by atoms with Crippen LogP contribution in [0.25, 0.3) is 10.6 Å². The number of hydrogen-bond donors (Lipinski definition) is 2. The summed E-state index contributed by atoms with van der Waals surface area (Å²) in [7, 11) is 5.55. The highest BCUT2D eigenvalue weighted by Crippen LogP contribution is 2.26. The Morgan fingerprint density at radius 2 is 2.27 bits per heavy atom. The zero-order chi connectivity index (χ0) is 16.3. The summed E-state index contributed by atoms with van der Waals surface area (Å²) in [4.78, 5) is 15.3.